The number of ether oxygens (including phenoxy) is 2. The molecule has 1 heterocycles. The zero-order chi connectivity index (χ0) is 26.5. The van der Waals surface area contributed by atoms with Crippen LogP contribution in [0.4, 0.5) is 0 Å². The van der Waals surface area contributed by atoms with Gasteiger partial charge in [-0.3, -0.25) is 4.79 Å². The smallest absolute Gasteiger partial charge is 0.282 e. The minimum absolute atomic E-state index is 0.0918. The third-order valence-corrected chi connectivity index (χ3v) is 6.10. The topological polar surface area (TPSA) is 65.7 Å². The fourth-order valence-electron chi connectivity index (χ4n) is 4.07. The molecule has 0 aliphatic carbocycles. The van der Waals surface area contributed by atoms with Crippen LogP contribution in [0.15, 0.2) is 64.5 Å². The van der Waals surface area contributed by atoms with Gasteiger partial charge in [-0.05, 0) is 73.4 Å². The third-order valence-electron chi connectivity index (χ3n) is 5.87. The Kier molecular flexibility index (Phi) is 7.95. The zero-order valence-corrected chi connectivity index (χ0v) is 22.0. The minimum Gasteiger partial charge on any atom is -0.494 e. The van der Waals surface area contributed by atoms with Gasteiger partial charge < -0.3 is 9.47 Å². The summed E-state index contributed by atoms with van der Waals surface area (Å²) in [5.74, 6) is 4.41. The van der Waals surface area contributed by atoms with Gasteiger partial charge in [0.05, 0.1) is 23.7 Å². The Bertz CT molecular complexity index is 1580. The SMILES string of the molecule is C#CCOc1ccc(Cl)cc1C=Nn1c(-c2cc(C(C)C)c(OCC)cc2C)nc2ccccc2c1=O. The van der Waals surface area contributed by atoms with Crippen LogP contribution in [0.25, 0.3) is 22.3 Å². The van der Waals surface area contributed by atoms with E-state index < -0.39 is 0 Å². The van der Waals surface area contributed by atoms with Gasteiger partial charge >= 0.3 is 0 Å². The van der Waals surface area contributed by atoms with E-state index in [9.17, 15) is 4.79 Å². The van der Waals surface area contributed by atoms with Crippen LogP contribution in [0.2, 0.25) is 5.02 Å². The lowest BCUT2D eigenvalue weighted by Gasteiger charge is -2.18. The van der Waals surface area contributed by atoms with E-state index in [1.807, 2.05) is 38.1 Å². The average Bonchev–Trinajstić information content (AvgIpc) is 2.88. The fourth-order valence-corrected chi connectivity index (χ4v) is 4.25. The number of nitrogens with zero attached hydrogens (tertiary/aromatic N) is 3. The molecular weight excluding hydrogens is 486 g/mol. The highest BCUT2D eigenvalue weighted by atomic mass is 35.5. The molecule has 0 aliphatic rings. The van der Waals surface area contributed by atoms with Gasteiger partial charge in [-0.1, -0.05) is 43.5 Å². The molecule has 6 nitrogen and oxygen atoms in total. The number of halogens is 1. The summed E-state index contributed by atoms with van der Waals surface area (Å²) in [4.78, 5) is 18.5. The summed E-state index contributed by atoms with van der Waals surface area (Å²) < 4.78 is 12.9. The predicted molar refractivity (Wildman–Crippen MR) is 150 cm³/mol. The van der Waals surface area contributed by atoms with Gasteiger partial charge in [-0.2, -0.15) is 9.78 Å². The van der Waals surface area contributed by atoms with Crippen LogP contribution in [0.1, 0.15) is 43.4 Å². The van der Waals surface area contributed by atoms with Crippen LogP contribution in [0, 0.1) is 19.3 Å². The van der Waals surface area contributed by atoms with Crippen molar-refractivity contribution in [1.29, 1.82) is 0 Å². The van der Waals surface area contributed by atoms with Crippen molar-refractivity contribution in [3.63, 3.8) is 0 Å². The lowest BCUT2D eigenvalue weighted by atomic mass is 9.96. The first-order chi connectivity index (χ1) is 17.8. The molecule has 3 aromatic carbocycles. The van der Waals surface area contributed by atoms with Crippen molar-refractivity contribution < 1.29 is 9.47 Å². The van der Waals surface area contributed by atoms with Crippen LogP contribution in [-0.2, 0) is 0 Å². The molecule has 0 aliphatic heterocycles. The van der Waals surface area contributed by atoms with E-state index in [-0.39, 0.29) is 18.1 Å². The first-order valence-electron chi connectivity index (χ1n) is 12.0. The Balaban J connectivity index is 1.96. The Morgan fingerprint density at radius 1 is 1.14 bits per heavy atom. The molecule has 188 valence electrons. The third kappa shape index (κ3) is 5.52. The highest BCUT2D eigenvalue weighted by Crippen LogP contribution is 2.34. The molecule has 0 N–H and O–H groups in total. The van der Waals surface area contributed by atoms with E-state index in [1.165, 1.54) is 10.9 Å². The number of terminal acetylenes is 1. The Labute approximate surface area is 221 Å². The molecule has 0 saturated carbocycles. The molecular formula is C30H28ClN3O3. The first kappa shape index (κ1) is 26.0. The van der Waals surface area contributed by atoms with Gasteiger partial charge in [-0.25, -0.2) is 4.98 Å². The van der Waals surface area contributed by atoms with Crippen molar-refractivity contribution in [3.8, 4) is 35.2 Å². The molecule has 1 aromatic heterocycles. The zero-order valence-electron chi connectivity index (χ0n) is 21.3. The standard InChI is InChI=1S/C30H28ClN3O3/c1-6-14-37-27-13-12-22(31)16-21(27)18-32-34-29(33-26-11-9-8-10-23(26)30(34)35)25-17-24(19(3)4)28(36-7-2)15-20(25)5/h1,8-13,15-19H,7,14H2,2-5H3. The average molecular weight is 514 g/mol. The molecule has 0 amide bonds. The number of para-hydroxylation sites is 1. The van der Waals surface area contributed by atoms with Crippen molar-refractivity contribution >= 4 is 28.7 Å². The molecule has 4 aromatic rings. The maximum atomic E-state index is 13.7. The molecule has 0 radical (unpaired) electrons. The number of fused-ring (bicyclic) bond motifs is 1. The molecule has 0 unspecified atom stereocenters. The molecule has 37 heavy (non-hydrogen) atoms. The first-order valence-corrected chi connectivity index (χ1v) is 12.4. The number of rotatable bonds is 8. The molecule has 0 fully saturated rings. The summed E-state index contributed by atoms with van der Waals surface area (Å²) in [5.41, 5.74) is 3.63. The molecule has 7 heteroatoms. The van der Waals surface area contributed by atoms with Gasteiger partial charge in [-0.15, -0.1) is 6.42 Å². The van der Waals surface area contributed by atoms with Gasteiger partial charge in [0, 0.05) is 16.1 Å². The number of aryl methyl sites for hydroxylation is 1. The van der Waals surface area contributed by atoms with Crippen LogP contribution < -0.4 is 15.0 Å². The lowest BCUT2D eigenvalue weighted by Crippen LogP contribution is -2.21. The highest BCUT2D eigenvalue weighted by molar-refractivity contribution is 6.30. The van der Waals surface area contributed by atoms with Crippen molar-refractivity contribution in [3.05, 3.63) is 86.7 Å². The minimum atomic E-state index is -0.288. The van der Waals surface area contributed by atoms with Crippen LogP contribution in [0.5, 0.6) is 11.5 Å². The number of benzene rings is 3. The van der Waals surface area contributed by atoms with Gasteiger partial charge in [0.25, 0.3) is 5.56 Å². The van der Waals surface area contributed by atoms with Crippen LogP contribution >= 0.6 is 11.6 Å². The maximum absolute atomic E-state index is 13.7. The number of aromatic nitrogens is 2. The molecule has 4 rings (SSSR count). The summed E-state index contributed by atoms with van der Waals surface area (Å²) in [5, 5.41) is 5.55. The summed E-state index contributed by atoms with van der Waals surface area (Å²) in [6.45, 7) is 8.79. The highest BCUT2D eigenvalue weighted by Gasteiger charge is 2.18. The summed E-state index contributed by atoms with van der Waals surface area (Å²) in [7, 11) is 0. The predicted octanol–water partition coefficient (Wildman–Crippen LogP) is 6.44. The van der Waals surface area contributed by atoms with Gasteiger partial charge in [0.15, 0.2) is 5.82 Å². The summed E-state index contributed by atoms with van der Waals surface area (Å²) in [6.07, 6.45) is 6.89. The van der Waals surface area contributed by atoms with Crippen molar-refractivity contribution in [1.82, 2.24) is 9.66 Å². The van der Waals surface area contributed by atoms with Crippen molar-refractivity contribution in [2.45, 2.75) is 33.6 Å². The molecule has 0 spiro atoms. The molecule has 0 saturated heterocycles. The fraction of sp³-hybridized carbons (Fsp3) is 0.233. The second-order valence-electron chi connectivity index (χ2n) is 8.78. The molecule has 0 atom stereocenters. The van der Waals surface area contributed by atoms with Crippen LogP contribution in [0.3, 0.4) is 0 Å². The van der Waals surface area contributed by atoms with Crippen LogP contribution in [-0.4, -0.2) is 29.1 Å². The Morgan fingerprint density at radius 2 is 1.92 bits per heavy atom. The lowest BCUT2D eigenvalue weighted by molar-refractivity contribution is 0.335. The monoisotopic (exact) mass is 513 g/mol. The van der Waals surface area contributed by atoms with E-state index in [2.05, 4.69) is 24.9 Å². The van der Waals surface area contributed by atoms with E-state index in [1.54, 1.807) is 30.3 Å². The maximum Gasteiger partial charge on any atom is 0.282 e. The van der Waals surface area contributed by atoms with E-state index in [0.717, 1.165) is 22.4 Å². The molecule has 0 bridgehead atoms. The quantitative estimate of drug-likeness (QED) is 0.201. The van der Waals surface area contributed by atoms with Crippen molar-refractivity contribution in [2.75, 3.05) is 13.2 Å². The van der Waals surface area contributed by atoms with Gasteiger partial charge in [0.1, 0.15) is 18.1 Å². The Morgan fingerprint density at radius 3 is 2.65 bits per heavy atom. The van der Waals surface area contributed by atoms with E-state index >= 15 is 0 Å². The second kappa shape index (κ2) is 11.3. The van der Waals surface area contributed by atoms with Crippen molar-refractivity contribution in [2.24, 2.45) is 5.10 Å². The van der Waals surface area contributed by atoms with E-state index in [0.29, 0.717) is 39.7 Å². The number of hydrogen-bond donors (Lipinski definition) is 0. The summed E-state index contributed by atoms with van der Waals surface area (Å²) in [6, 6.07) is 16.4. The second-order valence-corrected chi connectivity index (χ2v) is 9.22. The summed E-state index contributed by atoms with van der Waals surface area (Å²) >= 11 is 6.23. The normalized spacial score (nSPS) is 11.3. The largest absolute Gasteiger partial charge is 0.494 e. The van der Waals surface area contributed by atoms with E-state index in [4.69, 9.17) is 32.5 Å². The van der Waals surface area contributed by atoms with Gasteiger partial charge in [0.2, 0.25) is 0 Å². The Hall–Kier alpha value is -4.08. The number of hydrogen-bond acceptors (Lipinski definition) is 5.